The van der Waals surface area contributed by atoms with Crippen LogP contribution in [0.3, 0.4) is 0 Å². The lowest BCUT2D eigenvalue weighted by atomic mass is 9.73. The second kappa shape index (κ2) is 7.12. The van der Waals surface area contributed by atoms with Crippen LogP contribution in [0, 0.1) is 11.8 Å². The number of nitrogens with one attached hydrogen (secondary N) is 1. The lowest BCUT2D eigenvalue weighted by molar-refractivity contribution is 0.00290. The highest BCUT2D eigenvalue weighted by Crippen LogP contribution is 2.54. The summed E-state index contributed by atoms with van der Waals surface area (Å²) in [5, 5.41) is 3.13. The molecule has 1 aromatic rings. The summed E-state index contributed by atoms with van der Waals surface area (Å²) in [6, 6.07) is 3.52. The molecule has 26 heavy (non-hydrogen) atoms. The second-order valence-electron chi connectivity index (χ2n) is 8.28. The van der Waals surface area contributed by atoms with Gasteiger partial charge in [-0.05, 0) is 45.2 Å². The Bertz CT molecular complexity index is 686. The molecule has 1 spiro atoms. The van der Waals surface area contributed by atoms with Crippen molar-refractivity contribution in [2.24, 2.45) is 11.8 Å². The van der Waals surface area contributed by atoms with E-state index in [1.807, 2.05) is 0 Å². The van der Waals surface area contributed by atoms with Crippen LogP contribution in [-0.4, -0.2) is 53.7 Å². The van der Waals surface area contributed by atoms with Gasteiger partial charge in [-0.3, -0.25) is 14.7 Å². The van der Waals surface area contributed by atoms with Crippen molar-refractivity contribution in [3.63, 3.8) is 0 Å². The first-order valence-corrected chi connectivity index (χ1v) is 9.79. The minimum Gasteiger partial charge on any atom is -0.370 e. The summed E-state index contributed by atoms with van der Waals surface area (Å²) in [6.07, 6.45) is 9.37. The quantitative estimate of drug-likeness (QED) is 0.797. The van der Waals surface area contributed by atoms with E-state index in [1.54, 1.807) is 24.5 Å². The zero-order valence-corrected chi connectivity index (χ0v) is 15.8. The highest BCUT2D eigenvalue weighted by atomic mass is 16.5. The predicted octanol–water partition coefficient (Wildman–Crippen LogP) is 2.65. The lowest BCUT2D eigenvalue weighted by Crippen LogP contribution is -2.41. The number of pyridine rings is 1. The Morgan fingerprint density at radius 3 is 3.00 bits per heavy atom. The molecule has 1 amide bonds. The van der Waals surface area contributed by atoms with Gasteiger partial charge in [0.2, 0.25) is 0 Å². The summed E-state index contributed by atoms with van der Waals surface area (Å²) in [5.74, 6) is 0.969. The Hall–Kier alpha value is -1.72. The highest BCUT2D eigenvalue weighted by Gasteiger charge is 2.62. The first kappa shape index (κ1) is 17.7. The normalized spacial score (nSPS) is 32.5. The van der Waals surface area contributed by atoms with Gasteiger partial charge in [-0.25, -0.2) is 0 Å². The van der Waals surface area contributed by atoms with E-state index < -0.39 is 0 Å². The van der Waals surface area contributed by atoms with Crippen molar-refractivity contribution in [2.45, 2.75) is 44.8 Å². The van der Waals surface area contributed by atoms with E-state index >= 15 is 0 Å². The molecule has 3 aliphatic heterocycles. The summed E-state index contributed by atoms with van der Waals surface area (Å²) in [6.45, 7) is 8.28. The van der Waals surface area contributed by atoms with Crippen LogP contribution in [0.15, 0.2) is 36.2 Å². The third-order valence-corrected chi connectivity index (χ3v) is 6.29. The van der Waals surface area contributed by atoms with Gasteiger partial charge >= 0.3 is 0 Å². The van der Waals surface area contributed by atoms with E-state index in [0.29, 0.717) is 30.0 Å². The molecule has 2 bridgehead atoms. The predicted molar refractivity (Wildman–Crippen MR) is 101 cm³/mol. The van der Waals surface area contributed by atoms with Gasteiger partial charge < -0.3 is 10.1 Å². The number of ether oxygens (including phenoxy) is 1. The van der Waals surface area contributed by atoms with E-state index in [9.17, 15) is 4.79 Å². The Balaban J connectivity index is 1.36. The minimum atomic E-state index is -0.0114. The van der Waals surface area contributed by atoms with Crippen molar-refractivity contribution in [1.29, 1.82) is 0 Å². The van der Waals surface area contributed by atoms with Crippen LogP contribution >= 0.6 is 0 Å². The van der Waals surface area contributed by atoms with E-state index in [0.717, 1.165) is 32.5 Å². The Morgan fingerprint density at radius 1 is 1.42 bits per heavy atom. The maximum Gasteiger partial charge on any atom is 0.251 e. The van der Waals surface area contributed by atoms with Crippen molar-refractivity contribution in [3.8, 4) is 0 Å². The molecular formula is C21H29N3O2. The van der Waals surface area contributed by atoms with Gasteiger partial charge in [0.25, 0.3) is 5.91 Å². The third-order valence-electron chi connectivity index (χ3n) is 6.29. The second-order valence-corrected chi connectivity index (χ2v) is 8.28. The summed E-state index contributed by atoms with van der Waals surface area (Å²) >= 11 is 0. The number of aromatic nitrogens is 1. The number of rotatable bonds is 6. The topological polar surface area (TPSA) is 54.5 Å². The first-order valence-electron chi connectivity index (χ1n) is 9.79. The zero-order chi connectivity index (χ0) is 18.1. The van der Waals surface area contributed by atoms with Crippen molar-refractivity contribution < 1.29 is 9.53 Å². The first-order chi connectivity index (χ1) is 12.6. The number of amides is 1. The van der Waals surface area contributed by atoms with Gasteiger partial charge in [0.1, 0.15) is 0 Å². The lowest BCUT2D eigenvalue weighted by Gasteiger charge is -2.29. The molecule has 3 saturated heterocycles. The number of carbonyl (C=O) groups is 1. The summed E-state index contributed by atoms with van der Waals surface area (Å²) in [5.41, 5.74) is 2.10. The van der Waals surface area contributed by atoms with Crippen LogP contribution in [0.1, 0.15) is 43.5 Å². The zero-order valence-electron chi connectivity index (χ0n) is 15.8. The van der Waals surface area contributed by atoms with Crippen LogP contribution in [0.25, 0.3) is 0 Å². The molecule has 5 nitrogen and oxygen atoms in total. The highest BCUT2D eigenvalue weighted by molar-refractivity contribution is 5.93. The van der Waals surface area contributed by atoms with E-state index in [1.165, 1.54) is 12.0 Å². The number of hydrogen-bond donors (Lipinski definition) is 1. The van der Waals surface area contributed by atoms with Crippen LogP contribution in [0.5, 0.6) is 0 Å². The number of likely N-dealkylation sites (tertiary alicyclic amines) is 1. The van der Waals surface area contributed by atoms with Crippen molar-refractivity contribution in [3.05, 3.63) is 41.7 Å². The fourth-order valence-corrected chi connectivity index (χ4v) is 5.08. The molecular weight excluding hydrogens is 326 g/mol. The average Bonchev–Trinajstić information content (AvgIpc) is 3.28. The summed E-state index contributed by atoms with van der Waals surface area (Å²) in [7, 11) is 0. The number of allylic oxidation sites excluding steroid dienone is 1. The summed E-state index contributed by atoms with van der Waals surface area (Å²) < 4.78 is 6.47. The van der Waals surface area contributed by atoms with Crippen molar-refractivity contribution in [1.82, 2.24) is 15.2 Å². The van der Waals surface area contributed by atoms with Gasteiger partial charge in [0, 0.05) is 56.0 Å². The number of carbonyl (C=O) groups excluding carboxylic acids is 1. The Kier molecular flexibility index (Phi) is 4.84. The maximum absolute atomic E-state index is 12.4. The van der Waals surface area contributed by atoms with E-state index in [2.05, 4.69) is 35.1 Å². The smallest absolute Gasteiger partial charge is 0.251 e. The van der Waals surface area contributed by atoms with Gasteiger partial charge in [0.05, 0.1) is 11.7 Å². The molecule has 0 saturated carbocycles. The van der Waals surface area contributed by atoms with Crippen LogP contribution in [0.2, 0.25) is 0 Å². The molecule has 140 valence electrons. The van der Waals surface area contributed by atoms with Crippen LogP contribution < -0.4 is 5.32 Å². The molecule has 0 unspecified atom stereocenters. The van der Waals surface area contributed by atoms with Crippen molar-refractivity contribution in [2.75, 3.05) is 26.2 Å². The monoisotopic (exact) mass is 355 g/mol. The fourth-order valence-electron chi connectivity index (χ4n) is 5.08. The van der Waals surface area contributed by atoms with Gasteiger partial charge in [0.15, 0.2) is 0 Å². The number of fused-ring (bicyclic) bond motifs is 1. The largest absolute Gasteiger partial charge is 0.370 e. The molecule has 5 heteroatoms. The van der Waals surface area contributed by atoms with Gasteiger partial charge in [-0.2, -0.15) is 0 Å². The molecule has 3 fully saturated rings. The third kappa shape index (κ3) is 3.30. The van der Waals surface area contributed by atoms with Gasteiger partial charge in [-0.15, -0.1) is 0 Å². The molecule has 4 rings (SSSR count). The maximum atomic E-state index is 12.4. The average molecular weight is 355 g/mol. The van der Waals surface area contributed by atoms with Crippen LogP contribution in [0.4, 0.5) is 0 Å². The molecule has 1 N–H and O–H groups in total. The molecule has 3 aliphatic rings. The molecule has 1 aromatic heterocycles. The van der Waals surface area contributed by atoms with Crippen molar-refractivity contribution >= 4 is 5.91 Å². The molecule has 0 radical (unpaired) electrons. The molecule has 4 atom stereocenters. The molecule has 0 aromatic carbocycles. The Morgan fingerprint density at radius 2 is 2.23 bits per heavy atom. The number of nitrogens with zero attached hydrogens (tertiary/aromatic N) is 2. The van der Waals surface area contributed by atoms with E-state index in [4.69, 9.17) is 4.74 Å². The van der Waals surface area contributed by atoms with Gasteiger partial charge in [-0.1, -0.05) is 11.6 Å². The standard InChI is InChI=1S/C21H29N3O2/c1-15(2)4-3-11-24-13-18-17(19-5-8-21(18,14-24)26-19)12-23-20(25)16-6-9-22-10-7-16/h4,6-7,9-10,17-19H,3,5,8,11-14H2,1-2H3,(H,23,25)/t17-,18+,19+,21+/m0/s1. The minimum absolute atomic E-state index is 0.0114. The van der Waals surface area contributed by atoms with E-state index in [-0.39, 0.29) is 11.5 Å². The molecule has 0 aliphatic carbocycles. The SMILES string of the molecule is CC(C)=CCCN1C[C@@H]2[C@H](CNC(=O)c3ccncc3)[C@H]3CC[C@]2(C1)O3. The Labute approximate surface area is 155 Å². The molecule has 4 heterocycles. The summed E-state index contributed by atoms with van der Waals surface area (Å²) in [4.78, 5) is 18.9. The fraction of sp³-hybridized carbons (Fsp3) is 0.619. The number of hydrogen-bond acceptors (Lipinski definition) is 4. The van der Waals surface area contributed by atoms with Crippen LogP contribution in [-0.2, 0) is 4.74 Å².